The Morgan fingerprint density at radius 3 is 2.50 bits per heavy atom. The molecule has 10 nitrogen and oxygen atoms in total. The molecule has 1 unspecified atom stereocenters. The Bertz CT molecular complexity index is 1190. The first-order valence-electron chi connectivity index (χ1n) is 13.1. The number of hydrogen-bond donors (Lipinski definition) is 1. The summed E-state index contributed by atoms with van der Waals surface area (Å²) in [6.07, 6.45) is 3.07. The number of methoxy groups -OCH3 is 1. The Kier molecular flexibility index (Phi) is 9.02. The number of ether oxygens (including phenoxy) is 2. The van der Waals surface area contributed by atoms with Crippen LogP contribution in [0, 0.1) is 11.7 Å². The highest BCUT2D eigenvalue weighted by atomic mass is 32.2. The molecule has 13 heteroatoms. The van der Waals surface area contributed by atoms with Crippen molar-refractivity contribution < 1.29 is 35.5 Å². The number of sulfone groups is 1. The van der Waals surface area contributed by atoms with Gasteiger partial charge in [0, 0.05) is 31.6 Å². The first kappa shape index (κ1) is 29.2. The number of nitrogens with one attached hydrogen (secondary N) is 1. The molecule has 0 radical (unpaired) electrons. The fourth-order valence-corrected chi connectivity index (χ4v) is 8.75. The lowest BCUT2D eigenvalue weighted by atomic mass is 9.82. The molecule has 0 spiro atoms. The standard InChI is InChI=1S/C25H38FN3O7S2/c1-17-11-23(27-38(33,34)28(2)13-18-15-37(31,32)16-18)24(29(17)25(30)35-3)14-36-22-9-7-19(8-10-22)20-5-4-6-21(26)12-20/h4-6,12,17-19,22-24,27H,7-11,13-16H2,1-3H3/t17?,19?,22?,23-,24-/m0/s1. The zero-order valence-electron chi connectivity index (χ0n) is 22.1. The number of rotatable bonds is 9. The Morgan fingerprint density at radius 2 is 1.89 bits per heavy atom. The normalized spacial score (nSPS) is 29.8. The van der Waals surface area contributed by atoms with E-state index in [9.17, 15) is 26.0 Å². The van der Waals surface area contributed by atoms with Gasteiger partial charge in [-0.1, -0.05) is 12.1 Å². The monoisotopic (exact) mass is 575 g/mol. The molecule has 1 amide bonds. The van der Waals surface area contributed by atoms with Gasteiger partial charge < -0.3 is 9.47 Å². The quantitative estimate of drug-likeness (QED) is 0.479. The molecule has 214 valence electrons. The summed E-state index contributed by atoms with van der Waals surface area (Å²) in [7, 11) is -4.26. The van der Waals surface area contributed by atoms with E-state index in [2.05, 4.69) is 4.72 Å². The molecule has 4 rings (SSSR count). The van der Waals surface area contributed by atoms with Crippen molar-refractivity contribution in [1.29, 1.82) is 0 Å². The van der Waals surface area contributed by atoms with Crippen LogP contribution in [0.1, 0.15) is 50.5 Å². The predicted octanol–water partition coefficient (Wildman–Crippen LogP) is 2.28. The molecule has 3 atom stereocenters. The molecule has 0 aromatic heterocycles. The minimum atomic E-state index is -3.93. The van der Waals surface area contributed by atoms with Crippen LogP contribution in [0.4, 0.5) is 9.18 Å². The van der Waals surface area contributed by atoms with E-state index < -0.39 is 38.2 Å². The Labute approximate surface area is 224 Å². The number of amides is 1. The summed E-state index contributed by atoms with van der Waals surface area (Å²) in [5, 5.41) is 0. The third-order valence-electron chi connectivity index (χ3n) is 7.98. The number of nitrogens with zero attached hydrogens (tertiary/aromatic N) is 2. The molecule has 2 heterocycles. The van der Waals surface area contributed by atoms with Crippen molar-refractivity contribution in [2.24, 2.45) is 5.92 Å². The van der Waals surface area contributed by atoms with Crippen molar-refractivity contribution in [2.45, 2.75) is 69.2 Å². The minimum Gasteiger partial charge on any atom is -0.453 e. The minimum absolute atomic E-state index is 0.0125. The van der Waals surface area contributed by atoms with Crippen LogP contribution in [0.2, 0.25) is 0 Å². The summed E-state index contributed by atoms with van der Waals surface area (Å²) in [6.45, 7) is 2.09. The smallest absolute Gasteiger partial charge is 0.410 e. The second-order valence-corrected chi connectivity index (χ2v) is 14.8. The highest BCUT2D eigenvalue weighted by Crippen LogP contribution is 2.35. The van der Waals surface area contributed by atoms with Crippen molar-refractivity contribution in [3.05, 3.63) is 35.6 Å². The highest BCUT2D eigenvalue weighted by molar-refractivity contribution is 7.92. The topological polar surface area (TPSA) is 122 Å². The van der Waals surface area contributed by atoms with Crippen molar-refractivity contribution in [3.63, 3.8) is 0 Å². The SMILES string of the molecule is COC(=O)N1C(C)C[C@H](NS(=O)(=O)N(C)CC2CS(=O)(=O)C2)[C@@H]1COC1CCC(c2cccc(F)c2)CC1. The third-order valence-corrected chi connectivity index (χ3v) is 11.5. The van der Waals surface area contributed by atoms with Crippen LogP contribution >= 0.6 is 0 Å². The first-order chi connectivity index (χ1) is 17.9. The van der Waals surface area contributed by atoms with E-state index in [0.717, 1.165) is 35.6 Å². The Hall–Kier alpha value is -1.80. The first-order valence-corrected chi connectivity index (χ1v) is 16.3. The summed E-state index contributed by atoms with van der Waals surface area (Å²) in [6, 6.07) is 5.26. The molecule has 0 bridgehead atoms. The van der Waals surface area contributed by atoms with Gasteiger partial charge in [-0.25, -0.2) is 17.6 Å². The number of carbonyl (C=O) groups is 1. The van der Waals surface area contributed by atoms with Crippen molar-refractivity contribution in [3.8, 4) is 0 Å². The van der Waals surface area contributed by atoms with E-state index in [1.165, 1.54) is 25.1 Å². The van der Waals surface area contributed by atoms with Crippen molar-refractivity contribution in [1.82, 2.24) is 13.9 Å². The van der Waals surface area contributed by atoms with Gasteiger partial charge in [0.15, 0.2) is 9.84 Å². The van der Waals surface area contributed by atoms with E-state index in [1.54, 1.807) is 12.1 Å². The van der Waals surface area contributed by atoms with Gasteiger partial charge in [-0.2, -0.15) is 17.4 Å². The zero-order chi connectivity index (χ0) is 27.7. The summed E-state index contributed by atoms with van der Waals surface area (Å²) < 4.78 is 77.8. The molecule has 2 aliphatic heterocycles. The van der Waals surface area contributed by atoms with Gasteiger partial charge in [-0.3, -0.25) is 4.90 Å². The molecule has 1 aromatic carbocycles. The molecule has 1 aromatic rings. The number of benzene rings is 1. The van der Waals surface area contributed by atoms with Gasteiger partial charge in [-0.15, -0.1) is 0 Å². The van der Waals surface area contributed by atoms with Gasteiger partial charge >= 0.3 is 6.09 Å². The number of hydrogen-bond acceptors (Lipinski definition) is 7. The summed E-state index contributed by atoms with van der Waals surface area (Å²) >= 11 is 0. The lowest BCUT2D eigenvalue weighted by Crippen LogP contribution is -2.54. The van der Waals surface area contributed by atoms with E-state index in [-0.39, 0.29) is 54.5 Å². The van der Waals surface area contributed by atoms with Gasteiger partial charge in [0.25, 0.3) is 10.2 Å². The van der Waals surface area contributed by atoms with Crippen LogP contribution in [0.15, 0.2) is 24.3 Å². The molecule has 38 heavy (non-hydrogen) atoms. The van der Waals surface area contributed by atoms with Crippen LogP contribution in [0.25, 0.3) is 0 Å². The second-order valence-electron chi connectivity index (χ2n) is 10.8. The molecular weight excluding hydrogens is 537 g/mol. The molecule has 3 aliphatic rings. The number of carbonyl (C=O) groups excluding carboxylic acids is 1. The van der Waals surface area contributed by atoms with Crippen molar-refractivity contribution in [2.75, 3.05) is 38.8 Å². The number of likely N-dealkylation sites (tertiary alicyclic amines) is 1. The third kappa shape index (κ3) is 6.85. The second kappa shape index (κ2) is 11.7. The lowest BCUT2D eigenvalue weighted by Gasteiger charge is -2.34. The maximum atomic E-state index is 13.6. The van der Waals surface area contributed by atoms with Gasteiger partial charge in [0.05, 0.1) is 37.4 Å². The van der Waals surface area contributed by atoms with Gasteiger partial charge in [-0.05, 0) is 62.6 Å². The van der Waals surface area contributed by atoms with E-state index in [0.29, 0.717) is 6.42 Å². The predicted molar refractivity (Wildman–Crippen MR) is 140 cm³/mol. The van der Waals surface area contributed by atoms with Crippen LogP contribution < -0.4 is 4.72 Å². The fraction of sp³-hybridized carbons (Fsp3) is 0.720. The highest BCUT2D eigenvalue weighted by Gasteiger charge is 2.45. The van der Waals surface area contributed by atoms with Gasteiger partial charge in [0.2, 0.25) is 0 Å². The molecule has 2 saturated heterocycles. The van der Waals surface area contributed by atoms with Gasteiger partial charge in [0.1, 0.15) is 5.82 Å². The Morgan fingerprint density at radius 1 is 1.21 bits per heavy atom. The summed E-state index contributed by atoms with van der Waals surface area (Å²) in [5.41, 5.74) is 0.989. The van der Waals surface area contributed by atoms with E-state index >= 15 is 0 Å². The summed E-state index contributed by atoms with van der Waals surface area (Å²) in [4.78, 5) is 14.1. The molecule has 1 aliphatic carbocycles. The molecular formula is C25H38FN3O7S2. The van der Waals surface area contributed by atoms with Crippen LogP contribution in [-0.4, -0.2) is 95.2 Å². The average Bonchev–Trinajstić information content (AvgIpc) is 3.15. The Balaban J connectivity index is 1.37. The van der Waals surface area contributed by atoms with E-state index in [4.69, 9.17) is 9.47 Å². The van der Waals surface area contributed by atoms with E-state index in [1.807, 2.05) is 13.0 Å². The van der Waals surface area contributed by atoms with Crippen LogP contribution in [-0.2, 0) is 29.5 Å². The molecule has 1 N–H and O–H groups in total. The fourth-order valence-electron chi connectivity index (χ4n) is 5.98. The van der Waals surface area contributed by atoms with Crippen LogP contribution in [0.3, 0.4) is 0 Å². The average molecular weight is 576 g/mol. The maximum Gasteiger partial charge on any atom is 0.410 e. The maximum absolute atomic E-state index is 13.6. The number of halogens is 1. The zero-order valence-corrected chi connectivity index (χ0v) is 23.7. The lowest BCUT2D eigenvalue weighted by molar-refractivity contribution is -0.00866. The van der Waals surface area contributed by atoms with Crippen LogP contribution in [0.5, 0.6) is 0 Å². The molecule has 3 fully saturated rings. The summed E-state index contributed by atoms with van der Waals surface area (Å²) in [5.74, 6) is -0.222. The largest absolute Gasteiger partial charge is 0.453 e. The molecule has 1 saturated carbocycles. The van der Waals surface area contributed by atoms with Crippen molar-refractivity contribution >= 4 is 26.1 Å².